The summed E-state index contributed by atoms with van der Waals surface area (Å²) in [5.74, 6) is -0.166. The lowest BCUT2D eigenvalue weighted by Gasteiger charge is -2.32. The van der Waals surface area contributed by atoms with Gasteiger partial charge >= 0.3 is 5.97 Å². The Bertz CT molecular complexity index is 414. The minimum Gasteiger partial charge on any atom is -0.481 e. The molecule has 0 amide bonds. The van der Waals surface area contributed by atoms with Crippen LogP contribution in [0.15, 0.2) is 12.3 Å². The summed E-state index contributed by atoms with van der Waals surface area (Å²) in [6, 6.07) is 1.99. The van der Waals surface area contributed by atoms with Gasteiger partial charge in [-0.1, -0.05) is 13.8 Å². The maximum atomic E-state index is 11.4. The molecule has 3 unspecified atom stereocenters. The molecule has 3 atom stereocenters. The molecule has 0 saturated heterocycles. The van der Waals surface area contributed by atoms with Gasteiger partial charge < -0.3 is 5.11 Å². The van der Waals surface area contributed by atoms with E-state index in [1.54, 1.807) is 6.20 Å². The number of nitrogens with zero attached hydrogens (tertiary/aromatic N) is 2. The summed E-state index contributed by atoms with van der Waals surface area (Å²) in [5, 5.41) is 13.7. The first-order valence-corrected chi connectivity index (χ1v) is 6.88. The van der Waals surface area contributed by atoms with Crippen molar-refractivity contribution in [2.75, 3.05) is 0 Å². The smallest absolute Gasteiger partial charge is 0.307 e. The number of carboxylic acids is 1. The van der Waals surface area contributed by atoms with Crippen LogP contribution in [0, 0.1) is 11.8 Å². The molecule has 1 aliphatic carbocycles. The maximum Gasteiger partial charge on any atom is 0.307 e. The van der Waals surface area contributed by atoms with Crippen LogP contribution >= 0.6 is 0 Å². The van der Waals surface area contributed by atoms with Gasteiger partial charge in [-0.25, -0.2) is 0 Å². The lowest BCUT2D eigenvalue weighted by atomic mass is 9.73. The van der Waals surface area contributed by atoms with Crippen LogP contribution in [0.4, 0.5) is 0 Å². The van der Waals surface area contributed by atoms with Crippen molar-refractivity contribution in [1.29, 1.82) is 0 Å². The molecule has 0 aromatic carbocycles. The molecule has 2 rings (SSSR count). The Kier molecular flexibility index (Phi) is 4.04. The van der Waals surface area contributed by atoms with Gasteiger partial charge in [-0.15, -0.1) is 0 Å². The molecule has 1 fully saturated rings. The third-order valence-electron chi connectivity index (χ3n) is 3.99. The minimum absolute atomic E-state index is 0.125. The first kappa shape index (κ1) is 13.1. The summed E-state index contributed by atoms with van der Waals surface area (Å²) >= 11 is 0. The van der Waals surface area contributed by atoms with Gasteiger partial charge in [0.1, 0.15) is 0 Å². The lowest BCUT2D eigenvalue weighted by molar-refractivity contribution is -0.143. The summed E-state index contributed by atoms with van der Waals surface area (Å²) in [5.41, 5.74) is 1.11. The molecular weight excluding hydrogens is 228 g/mol. The predicted molar refractivity (Wildman–Crippen MR) is 69.4 cm³/mol. The molecule has 4 nitrogen and oxygen atoms in total. The quantitative estimate of drug-likeness (QED) is 0.894. The van der Waals surface area contributed by atoms with Gasteiger partial charge in [0.2, 0.25) is 0 Å². The second-order valence-corrected chi connectivity index (χ2v) is 5.45. The molecule has 4 heteroatoms. The zero-order valence-electron chi connectivity index (χ0n) is 11.2. The molecular formula is C14H22N2O2. The zero-order valence-corrected chi connectivity index (χ0v) is 11.2. The van der Waals surface area contributed by atoms with Crippen molar-refractivity contribution in [2.24, 2.45) is 11.8 Å². The van der Waals surface area contributed by atoms with Crippen LogP contribution in [0.3, 0.4) is 0 Å². The van der Waals surface area contributed by atoms with Gasteiger partial charge in [-0.2, -0.15) is 5.10 Å². The van der Waals surface area contributed by atoms with E-state index in [0.717, 1.165) is 37.9 Å². The highest BCUT2D eigenvalue weighted by atomic mass is 16.4. The summed E-state index contributed by atoms with van der Waals surface area (Å²) in [4.78, 5) is 11.4. The van der Waals surface area contributed by atoms with Gasteiger partial charge in [0.25, 0.3) is 0 Å². The van der Waals surface area contributed by atoms with Crippen LogP contribution in [0.25, 0.3) is 0 Å². The number of rotatable bonds is 4. The number of carbonyl (C=O) groups is 1. The van der Waals surface area contributed by atoms with E-state index in [9.17, 15) is 9.90 Å². The van der Waals surface area contributed by atoms with E-state index in [4.69, 9.17) is 0 Å². The Hall–Kier alpha value is -1.32. The number of hydrogen-bond acceptors (Lipinski definition) is 2. The maximum absolute atomic E-state index is 11.4. The molecule has 18 heavy (non-hydrogen) atoms. The summed E-state index contributed by atoms with van der Waals surface area (Å²) < 4.78 is 1.98. The van der Waals surface area contributed by atoms with E-state index < -0.39 is 5.97 Å². The normalized spacial score (nSPS) is 28.2. The second kappa shape index (κ2) is 5.55. The van der Waals surface area contributed by atoms with E-state index in [1.165, 1.54) is 0 Å². The predicted octanol–water partition coefficient (Wildman–Crippen LogP) is 2.90. The monoisotopic (exact) mass is 250 g/mol. The van der Waals surface area contributed by atoms with E-state index in [-0.39, 0.29) is 11.8 Å². The fourth-order valence-electron chi connectivity index (χ4n) is 3.06. The third kappa shape index (κ3) is 2.57. The highest BCUT2D eigenvalue weighted by molar-refractivity contribution is 5.71. The number of aryl methyl sites for hydroxylation is 1. The van der Waals surface area contributed by atoms with Crippen LogP contribution in [0.1, 0.15) is 51.1 Å². The highest BCUT2D eigenvalue weighted by Crippen LogP contribution is 2.40. The standard InChI is InChI=1S/C14H22N2O2/c1-3-8-16-13(6-7-15-16)12-9-10(2)4-5-11(12)14(17)18/h6-7,10-12H,3-5,8-9H2,1-2H3,(H,17,18). The number of aromatic nitrogens is 2. The Morgan fingerprint density at radius 1 is 1.56 bits per heavy atom. The number of hydrogen-bond donors (Lipinski definition) is 1. The zero-order chi connectivity index (χ0) is 13.1. The van der Waals surface area contributed by atoms with Crippen molar-refractivity contribution < 1.29 is 9.90 Å². The largest absolute Gasteiger partial charge is 0.481 e. The van der Waals surface area contributed by atoms with Crippen LogP contribution in [0.5, 0.6) is 0 Å². The average molecular weight is 250 g/mol. The molecule has 1 aromatic rings. The van der Waals surface area contributed by atoms with Crippen molar-refractivity contribution in [3.63, 3.8) is 0 Å². The van der Waals surface area contributed by atoms with E-state index in [0.29, 0.717) is 5.92 Å². The van der Waals surface area contributed by atoms with Gasteiger partial charge in [0, 0.05) is 24.4 Å². The summed E-state index contributed by atoms with van der Waals surface area (Å²) in [7, 11) is 0. The SMILES string of the molecule is CCCn1nccc1C1CC(C)CCC1C(=O)O. The minimum atomic E-state index is -0.656. The van der Waals surface area contributed by atoms with Gasteiger partial charge in [0.05, 0.1) is 5.92 Å². The fourth-order valence-corrected chi connectivity index (χ4v) is 3.06. The molecule has 0 aliphatic heterocycles. The molecule has 0 bridgehead atoms. The molecule has 100 valence electrons. The molecule has 1 aliphatic rings. The van der Waals surface area contributed by atoms with E-state index in [1.807, 2.05) is 10.7 Å². The lowest BCUT2D eigenvalue weighted by Crippen LogP contribution is -2.30. The van der Waals surface area contributed by atoms with Crippen molar-refractivity contribution in [3.05, 3.63) is 18.0 Å². The molecule has 1 saturated carbocycles. The summed E-state index contributed by atoms with van der Waals surface area (Å²) in [6.07, 6.45) is 5.60. The Labute approximate surface area is 108 Å². The molecule has 1 aromatic heterocycles. The molecule has 1 N–H and O–H groups in total. The van der Waals surface area contributed by atoms with Crippen LogP contribution in [-0.2, 0) is 11.3 Å². The number of aliphatic carboxylic acids is 1. The average Bonchev–Trinajstić information content (AvgIpc) is 2.77. The van der Waals surface area contributed by atoms with Crippen molar-refractivity contribution in [2.45, 2.75) is 52.0 Å². The van der Waals surface area contributed by atoms with Gasteiger partial charge in [-0.3, -0.25) is 9.48 Å². The van der Waals surface area contributed by atoms with Crippen LogP contribution < -0.4 is 0 Å². The Morgan fingerprint density at radius 3 is 3.00 bits per heavy atom. The fraction of sp³-hybridized carbons (Fsp3) is 0.714. The van der Waals surface area contributed by atoms with Crippen molar-refractivity contribution >= 4 is 5.97 Å². The highest BCUT2D eigenvalue weighted by Gasteiger charge is 2.36. The van der Waals surface area contributed by atoms with Crippen LogP contribution in [-0.4, -0.2) is 20.9 Å². The van der Waals surface area contributed by atoms with Gasteiger partial charge in [0.15, 0.2) is 0 Å². The molecule has 1 heterocycles. The van der Waals surface area contributed by atoms with E-state index in [2.05, 4.69) is 18.9 Å². The Balaban J connectivity index is 2.26. The van der Waals surface area contributed by atoms with E-state index >= 15 is 0 Å². The van der Waals surface area contributed by atoms with Crippen molar-refractivity contribution in [3.8, 4) is 0 Å². The second-order valence-electron chi connectivity index (χ2n) is 5.45. The van der Waals surface area contributed by atoms with Crippen molar-refractivity contribution in [1.82, 2.24) is 9.78 Å². The molecule has 0 radical (unpaired) electrons. The first-order valence-electron chi connectivity index (χ1n) is 6.88. The van der Waals surface area contributed by atoms with Crippen LogP contribution in [0.2, 0.25) is 0 Å². The first-order chi connectivity index (χ1) is 8.63. The topological polar surface area (TPSA) is 55.1 Å². The third-order valence-corrected chi connectivity index (χ3v) is 3.99. The summed E-state index contributed by atoms with van der Waals surface area (Å²) in [6.45, 7) is 5.20. The van der Waals surface area contributed by atoms with Gasteiger partial charge in [-0.05, 0) is 37.7 Å². The Morgan fingerprint density at radius 2 is 2.33 bits per heavy atom. The molecule has 0 spiro atoms. The number of carboxylic acid groups (broad SMARTS) is 1.